The Labute approximate surface area is 77.4 Å². The predicted octanol–water partition coefficient (Wildman–Crippen LogP) is 3.64. The van der Waals surface area contributed by atoms with Gasteiger partial charge >= 0.3 is 0 Å². The van der Waals surface area contributed by atoms with Crippen LogP contribution in [0.1, 0.15) is 19.4 Å². The van der Waals surface area contributed by atoms with Crippen molar-refractivity contribution in [2.24, 2.45) is 0 Å². The zero-order valence-corrected chi connectivity index (χ0v) is 7.95. The normalized spacial score (nSPS) is 10.8. The number of benzene rings is 1. The van der Waals surface area contributed by atoms with E-state index < -0.39 is 0 Å². The van der Waals surface area contributed by atoms with Crippen molar-refractivity contribution in [1.82, 2.24) is 0 Å². The third-order valence-corrected chi connectivity index (χ3v) is 1.79. The van der Waals surface area contributed by atoms with Gasteiger partial charge in [-0.2, -0.15) is 0 Å². The second-order valence-corrected chi connectivity index (χ2v) is 3.56. The summed E-state index contributed by atoms with van der Waals surface area (Å²) in [5.74, 6) is 0.972. The zero-order valence-electron chi connectivity index (χ0n) is 7.20. The van der Waals surface area contributed by atoms with Crippen molar-refractivity contribution in [3.63, 3.8) is 0 Å². The van der Waals surface area contributed by atoms with E-state index in [1.807, 2.05) is 13.8 Å². The Hall–Kier alpha value is -0.560. The van der Waals surface area contributed by atoms with Crippen LogP contribution in [0.3, 0.4) is 0 Å². The van der Waals surface area contributed by atoms with Gasteiger partial charge in [-0.1, -0.05) is 31.5 Å². The van der Waals surface area contributed by atoms with Gasteiger partial charge in [-0.25, -0.2) is 4.39 Å². The SMILES string of the molecule is C[C](C)Cc1ccc(Cl)cc1F. The van der Waals surface area contributed by atoms with E-state index in [2.05, 4.69) is 0 Å². The van der Waals surface area contributed by atoms with Gasteiger partial charge in [0.15, 0.2) is 0 Å². The first-order valence-electron chi connectivity index (χ1n) is 3.82. The first-order chi connectivity index (χ1) is 5.59. The molecule has 0 bridgehead atoms. The van der Waals surface area contributed by atoms with Crippen LogP contribution in [0.15, 0.2) is 18.2 Å². The molecule has 0 atom stereocenters. The molecule has 65 valence electrons. The molecule has 0 aromatic heterocycles. The summed E-state index contributed by atoms with van der Waals surface area (Å²) < 4.78 is 13.1. The summed E-state index contributed by atoms with van der Waals surface area (Å²) in [5, 5.41) is 0.449. The van der Waals surface area contributed by atoms with Gasteiger partial charge in [0, 0.05) is 5.02 Å². The predicted molar refractivity (Wildman–Crippen MR) is 49.7 cm³/mol. The first-order valence-corrected chi connectivity index (χ1v) is 4.20. The summed E-state index contributed by atoms with van der Waals surface area (Å²) >= 11 is 5.61. The van der Waals surface area contributed by atoms with Crippen LogP contribution in [0, 0.1) is 11.7 Å². The monoisotopic (exact) mass is 185 g/mol. The van der Waals surface area contributed by atoms with Gasteiger partial charge in [0.05, 0.1) is 0 Å². The lowest BCUT2D eigenvalue weighted by atomic mass is 10.0. The quantitative estimate of drug-likeness (QED) is 0.660. The molecule has 0 spiro atoms. The van der Waals surface area contributed by atoms with Crippen molar-refractivity contribution in [2.45, 2.75) is 20.3 Å². The third kappa shape index (κ3) is 2.49. The molecule has 0 amide bonds. The molecule has 0 unspecified atom stereocenters. The molecule has 1 radical (unpaired) electrons. The summed E-state index contributed by atoms with van der Waals surface area (Å²) in [6.45, 7) is 3.96. The Balaban J connectivity index is 2.86. The van der Waals surface area contributed by atoms with Crippen LogP contribution in [-0.4, -0.2) is 0 Å². The molecule has 0 saturated heterocycles. The molecule has 0 saturated carbocycles. The van der Waals surface area contributed by atoms with Crippen molar-refractivity contribution >= 4 is 11.6 Å². The van der Waals surface area contributed by atoms with E-state index in [0.29, 0.717) is 17.0 Å². The Morgan fingerprint density at radius 1 is 1.42 bits per heavy atom. The highest BCUT2D eigenvalue weighted by atomic mass is 35.5. The average molecular weight is 186 g/mol. The van der Waals surface area contributed by atoms with Gasteiger partial charge < -0.3 is 0 Å². The summed E-state index contributed by atoms with van der Waals surface area (Å²) in [5.41, 5.74) is 0.708. The fourth-order valence-electron chi connectivity index (χ4n) is 1.05. The van der Waals surface area contributed by atoms with Crippen molar-refractivity contribution in [3.8, 4) is 0 Å². The van der Waals surface area contributed by atoms with Gasteiger partial charge in [0.2, 0.25) is 0 Å². The van der Waals surface area contributed by atoms with Crippen LogP contribution in [0.5, 0.6) is 0 Å². The number of hydrogen-bond donors (Lipinski definition) is 0. The van der Waals surface area contributed by atoms with Crippen molar-refractivity contribution < 1.29 is 4.39 Å². The molecule has 0 N–H and O–H groups in total. The first kappa shape index (κ1) is 9.53. The highest BCUT2D eigenvalue weighted by Gasteiger charge is 2.04. The van der Waals surface area contributed by atoms with Crippen LogP contribution in [0.4, 0.5) is 4.39 Å². The maximum Gasteiger partial charge on any atom is 0.127 e. The Morgan fingerprint density at radius 3 is 2.58 bits per heavy atom. The Morgan fingerprint density at radius 2 is 2.08 bits per heavy atom. The molecule has 2 heteroatoms. The van der Waals surface area contributed by atoms with Gasteiger partial charge in [-0.05, 0) is 30.0 Å². The molecule has 0 heterocycles. The molecule has 0 aliphatic heterocycles. The molecule has 12 heavy (non-hydrogen) atoms. The number of hydrogen-bond acceptors (Lipinski definition) is 0. The van der Waals surface area contributed by atoms with E-state index in [4.69, 9.17) is 11.6 Å². The molecule has 0 aliphatic rings. The van der Waals surface area contributed by atoms with Crippen LogP contribution >= 0.6 is 11.6 Å². The maximum absolute atomic E-state index is 13.1. The van der Waals surface area contributed by atoms with E-state index >= 15 is 0 Å². The van der Waals surface area contributed by atoms with Crippen molar-refractivity contribution in [2.75, 3.05) is 0 Å². The van der Waals surface area contributed by atoms with Crippen LogP contribution in [-0.2, 0) is 6.42 Å². The van der Waals surface area contributed by atoms with Crippen LogP contribution in [0.2, 0.25) is 5.02 Å². The lowest BCUT2D eigenvalue weighted by Gasteiger charge is -2.05. The molecule has 0 fully saturated rings. The topological polar surface area (TPSA) is 0 Å². The molecule has 1 rings (SSSR count). The molecule has 0 nitrogen and oxygen atoms in total. The number of rotatable bonds is 2. The smallest absolute Gasteiger partial charge is 0.127 e. The summed E-state index contributed by atoms with van der Waals surface area (Å²) in [6.07, 6.45) is 0.684. The molecule has 0 aliphatic carbocycles. The fraction of sp³-hybridized carbons (Fsp3) is 0.300. The van der Waals surface area contributed by atoms with Crippen LogP contribution in [0.25, 0.3) is 0 Å². The third-order valence-electron chi connectivity index (χ3n) is 1.56. The van der Waals surface area contributed by atoms with Gasteiger partial charge in [-0.15, -0.1) is 0 Å². The van der Waals surface area contributed by atoms with Gasteiger partial charge in [0.25, 0.3) is 0 Å². The highest BCUT2D eigenvalue weighted by molar-refractivity contribution is 6.30. The van der Waals surface area contributed by atoms with Gasteiger partial charge in [0.1, 0.15) is 5.82 Å². The van der Waals surface area contributed by atoms with Crippen LogP contribution < -0.4 is 0 Å². The molecule has 1 aromatic rings. The highest BCUT2D eigenvalue weighted by Crippen LogP contribution is 2.17. The zero-order chi connectivity index (χ0) is 9.14. The fourth-order valence-corrected chi connectivity index (χ4v) is 1.20. The summed E-state index contributed by atoms with van der Waals surface area (Å²) in [7, 11) is 0. The van der Waals surface area contributed by atoms with E-state index in [0.717, 1.165) is 0 Å². The summed E-state index contributed by atoms with van der Waals surface area (Å²) in [4.78, 5) is 0. The lowest BCUT2D eigenvalue weighted by molar-refractivity contribution is 0.610. The Bertz CT molecular complexity index is 269. The minimum absolute atomic E-state index is 0.219. The molecular formula is C10H11ClF. The summed E-state index contributed by atoms with van der Waals surface area (Å²) in [6, 6.07) is 4.79. The second-order valence-electron chi connectivity index (χ2n) is 3.12. The molecular weight excluding hydrogens is 175 g/mol. The Kier molecular flexibility index (Phi) is 3.10. The van der Waals surface area contributed by atoms with E-state index in [1.165, 1.54) is 12.0 Å². The van der Waals surface area contributed by atoms with E-state index in [1.54, 1.807) is 12.1 Å². The lowest BCUT2D eigenvalue weighted by Crippen LogP contribution is -1.95. The molecule has 1 aromatic carbocycles. The second kappa shape index (κ2) is 3.90. The van der Waals surface area contributed by atoms with E-state index in [-0.39, 0.29) is 5.82 Å². The van der Waals surface area contributed by atoms with Crippen molar-refractivity contribution in [3.05, 3.63) is 40.5 Å². The maximum atomic E-state index is 13.1. The standard InChI is InChI=1S/C10H11ClF/c1-7(2)5-8-3-4-9(11)6-10(8)12/h3-4,6H,5H2,1-2H3. The van der Waals surface area contributed by atoms with Crippen molar-refractivity contribution in [1.29, 1.82) is 0 Å². The minimum Gasteiger partial charge on any atom is -0.207 e. The average Bonchev–Trinajstić information content (AvgIpc) is 1.94. The van der Waals surface area contributed by atoms with E-state index in [9.17, 15) is 4.39 Å². The van der Waals surface area contributed by atoms with Gasteiger partial charge in [-0.3, -0.25) is 0 Å². The minimum atomic E-state index is -0.219. The largest absolute Gasteiger partial charge is 0.207 e. The number of halogens is 2.